The maximum absolute atomic E-state index is 12.3. The van der Waals surface area contributed by atoms with Crippen LogP contribution in [-0.2, 0) is 16.0 Å². The van der Waals surface area contributed by atoms with Crippen molar-refractivity contribution in [3.8, 4) is 0 Å². The molecular formula is C15H19NO4. The number of nitrogens with zero attached hydrogens (tertiary/aromatic N) is 1. The minimum Gasteiger partial charge on any atom is -0.478 e. The number of carboxylic acids is 1. The summed E-state index contributed by atoms with van der Waals surface area (Å²) in [5.74, 6) is -0.945. The molecule has 1 aromatic rings. The van der Waals surface area contributed by atoms with Crippen LogP contribution in [0.4, 0.5) is 0 Å². The molecule has 1 atom stereocenters. The summed E-state index contributed by atoms with van der Waals surface area (Å²) in [4.78, 5) is 25.1. The van der Waals surface area contributed by atoms with E-state index in [0.29, 0.717) is 19.8 Å². The Balaban J connectivity index is 2.06. The number of benzene rings is 1. The highest BCUT2D eigenvalue weighted by Crippen LogP contribution is 2.14. The van der Waals surface area contributed by atoms with Crippen LogP contribution in [0.2, 0.25) is 0 Å². The van der Waals surface area contributed by atoms with Gasteiger partial charge in [0.1, 0.15) is 0 Å². The molecule has 1 aliphatic heterocycles. The molecule has 5 nitrogen and oxygen atoms in total. The maximum Gasteiger partial charge on any atom is 0.335 e. The van der Waals surface area contributed by atoms with E-state index in [0.717, 1.165) is 12.0 Å². The van der Waals surface area contributed by atoms with Crippen LogP contribution in [0.1, 0.15) is 29.3 Å². The van der Waals surface area contributed by atoms with Gasteiger partial charge >= 0.3 is 5.97 Å². The van der Waals surface area contributed by atoms with Crippen LogP contribution in [0.15, 0.2) is 24.3 Å². The normalized spacial score (nSPS) is 18.9. The summed E-state index contributed by atoms with van der Waals surface area (Å²) in [6, 6.07) is 6.66. The molecule has 1 amide bonds. The molecule has 1 fully saturated rings. The average Bonchev–Trinajstić information content (AvgIpc) is 2.47. The van der Waals surface area contributed by atoms with Crippen molar-refractivity contribution in [1.29, 1.82) is 0 Å². The Kier molecular flexibility index (Phi) is 4.74. The molecule has 0 aromatic heterocycles. The Morgan fingerprint density at radius 2 is 2.25 bits per heavy atom. The van der Waals surface area contributed by atoms with E-state index in [9.17, 15) is 9.59 Å². The van der Waals surface area contributed by atoms with E-state index in [1.54, 1.807) is 18.2 Å². The van der Waals surface area contributed by atoms with Gasteiger partial charge in [0, 0.05) is 6.54 Å². The number of rotatable bonds is 4. The molecular weight excluding hydrogens is 258 g/mol. The number of morpholine rings is 1. The fourth-order valence-electron chi connectivity index (χ4n) is 2.41. The monoisotopic (exact) mass is 277 g/mol. The van der Waals surface area contributed by atoms with Crippen molar-refractivity contribution in [3.63, 3.8) is 0 Å². The van der Waals surface area contributed by atoms with Crippen LogP contribution in [0.25, 0.3) is 0 Å². The Bertz CT molecular complexity index is 500. The topological polar surface area (TPSA) is 66.8 Å². The smallest absolute Gasteiger partial charge is 0.335 e. The number of aromatic carboxylic acids is 1. The molecule has 0 spiro atoms. The lowest BCUT2D eigenvalue weighted by atomic mass is 10.1. The quantitative estimate of drug-likeness (QED) is 0.907. The van der Waals surface area contributed by atoms with Crippen molar-refractivity contribution >= 4 is 11.9 Å². The van der Waals surface area contributed by atoms with Gasteiger partial charge in [-0.3, -0.25) is 4.79 Å². The molecule has 20 heavy (non-hydrogen) atoms. The second kappa shape index (κ2) is 6.52. The van der Waals surface area contributed by atoms with Gasteiger partial charge in [-0.05, 0) is 24.1 Å². The standard InChI is InChI=1S/C15H19NO4/c1-2-13-10-20-7-6-16(13)14(17)9-11-4-3-5-12(8-11)15(18)19/h3-5,8,13H,2,6-7,9-10H2,1H3,(H,18,19). The Morgan fingerprint density at radius 1 is 1.45 bits per heavy atom. The van der Waals surface area contributed by atoms with E-state index in [1.807, 2.05) is 11.8 Å². The van der Waals surface area contributed by atoms with Crippen LogP contribution >= 0.6 is 0 Å². The summed E-state index contributed by atoms with van der Waals surface area (Å²) in [5, 5.41) is 8.96. The van der Waals surface area contributed by atoms with Gasteiger partial charge in [-0.2, -0.15) is 0 Å². The molecule has 5 heteroatoms. The number of ether oxygens (including phenoxy) is 1. The van der Waals surface area contributed by atoms with Crippen LogP contribution in [0, 0.1) is 0 Å². The van der Waals surface area contributed by atoms with Gasteiger partial charge in [0.2, 0.25) is 5.91 Å². The minimum atomic E-state index is -0.975. The van der Waals surface area contributed by atoms with E-state index in [1.165, 1.54) is 6.07 Å². The minimum absolute atomic E-state index is 0.0303. The number of amides is 1. The second-order valence-electron chi connectivity index (χ2n) is 4.91. The van der Waals surface area contributed by atoms with Gasteiger partial charge in [-0.1, -0.05) is 19.1 Å². The van der Waals surface area contributed by atoms with E-state index in [2.05, 4.69) is 0 Å². The zero-order valence-corrected chi connectivity index (χ0v) is 11.5. The van der Waals surface area contributed by atoms with Gasteiger partial charge in [0.05, 0.1) is 31.2 Å². The zero-order valence-electron chi connectivity index (χ0n) is 11.5. The summed E-state index contributed by atoms with van der Waals surface area (Å²) in [6.07, 6.45) is 1.10. The number of hydrogen-bond donors (Lipinski definition) is 1. The largest absolute Gasteiger partial charge is 0.478 e. The molecule has 0 radical (unpaired) electrons. The zero-order chi connectivity index (χ0) is 14.5. The third-order valence-electron chi connectivity index (χ3n) is 3.55. The molecule has 0 bridgehead atoms. The molecule has 2 rings (SSSR count). The molecule has 0 saturated carbocycles. The summed E-state index contributed by atoms with van der Waals surface area (Å²) in [7, 11) is 0. The third kappa shape index (κ3) is 3.36. The van der Waals surface area contributed by atoms with Gasteiger partial charge < -0.3 is 14.7 Å². The average molecular weight is 277 g/mol. The van der Waals surface area contributed by atoms with E-state index in [-0.39, 0.29) is 23.9 Å². The highest BCUT2D eigenvalue weighted by molar-refractivity contribution is 5.88. The van der Waals surface area contributed by atoms with Crippen molar-refractivity contribution in [2.24, 2.45) is 0 Å². The predicted octanol–water partition coefficient (Wildman–Crippen LogP) is 1.56. The van der Waals surface area contributed by atoms with Crippen molar-refractivity contribution in [2.75, 3.05) is 19.8 Å². The van der Waals surface area contributed by atoms with Crippen LogP contribution in [0.3, 0.4) is 0 Å². The lowest BCUT2D eigenvalue weighted by Gasteiger charge is -2.35. The van der Waals surface area contributed by atoms with Crippen molar-refractivity contribution in [3.05, 3.63) is 35.4 Å². The van der Waals surface area contributed by atoms with Gasteiger partial charge in [0.25, 0.3) is 0 Å². The fourth-order valence-corrected chi connectivity index (χ4v) is 2.41. The SMILES string of the molecule is CCC1COCCN1C(=O)Cc1cccc(C(=O)O)c1. The predicted molar refractivity (Wildman–Crippen MR) is 73.7 cm³/mol. The number of hydrogen-bond acceptors (Lipinski definition) is 3. The Hall–Kier alpha value is -1.88. The van der Waals surface area contributed by atoms with Crippen LogP contribution in [0.5, 0.6) is 0 Å². The summed E-state index contributed by atoms with van der Waals surface area (Å²) in [6.45, 7) is 3.79. The first kappa shape index (κ1) is 14.5. The number of carbonyl (C=O) groups is 2. The number of carboxylic acid groups (broad SMARTS) is 1. The summed E-state index contributed by atoms with van der Waals surface area (Å²) >= 11 is 0. The maximum atomic E-state index is 12.3. The van der Waals surface area contributed by atoms with Crippen LogP contribution in [-0.4, -0.2) is 47.7 Å². The first-order chi connectivity index (χ1) is 9.61. The van der Waals surface area contributed by atoms with Gasteiger partial charge in [-0.25, -0.2) is 4.79 Å². The molecule has 1 aromatic carbocycles. The third-order valence-corrected chi connectivity index (χ3v) is 3.55. The summed E-state index contributed by atoms with van der Waals surface area (Å²) in [5.41, 5.74) is 0.945. The Labute approximate surface area is 118 Å². The van der Waals surface area contributed by atoms with Gasteiger partial charge in [-0.15, -0.1) is 0 Å². The molecule has 1 saturated heterocycles. The molecule has 108 valence electrons. The van der Waals surface area contributed by atoms with Crippen molar-refractivity contribution in [1.82, 2.24) is 4.90 Å². The molecule has 1 unspecified atom stereocenters. The van der Waals surface area contributed by atoms with Crippen LogP contribution < -0.4 is 0 Å². The molecule has 0 aliphatic carbocycles. The summed E-state index contributed by atoms with van der Waals surface area (Å²) < 4.78 is 5.38. The van der Waals surface area contributed by atoms with Gasteiger partial charge in [0.15, 0.2) is 0 Å². The first-order valence-corrected chi connectivity index (χ1v) is 6.81. The highest BCUT2D eigenvalue weighted by Gasteiger charge is 2.25. The first-order valence-electron chi connectivity index (χ1n) is 6.81. The lowest BCUT2D eigenvalue weighted by Crippen LogP contribution is -2.48. The lowest BCUT2D eigenvalue weighted by molar-refractivity contribution is -0.139. The van der Waals surface area contributed by atoms with E-state index >= 15 is 0 Å². The highest BCUT2D eigenvalue weighted by atomic mass is 16.5. The fraction of sp³-hybridized carbons (Fsp3) is 0.467. The van der Waals surface area contributed by atoms with E-state index in [4.69, 9.17) is 9.84 Å². The Morgan fingerprint density at radius 3 is 2.95 bits per heavy atom. The molecule has 1 heterocycles. The van der Waals surface area contributed by atoms with Crippen molar-refractivity contribution in [2.45, 2.75) is 25.8 Å². The molecule has 1 N–H and O–H groups in total. The molecule has 1 aliphatic rings. The van der Waals surface area contributed by atoms with E-state index < -0.39 is 5.97 Å². The number of carbonyl (C=O) groups excluding carboxylic acids is 1. The second-order valence-corrected chi connectivity index (χ2v) is 4.91. The van der Waals surface area contributed by atoms with Crippen molar-refractivity contribution < 1.29 is 19.4 Å².